The van der Waals surface area contributed by atoms with Crippen molar-refractivity contribution in [1.29, 1.82) is 0 Å². The van der Waals surface area contributed by atoms with Crippen LogP contribution in [0.4, 0.5) is 17.2 Å². The van der Waals surface area contributed by atoms with E-state index in [-0.39, 0.29) is 0 Å². The number of anilines is 3. The fourth-order valence-electron chi connectivity index (χ4n) is 3.18. The van der Waals surface area contributed by atoms with Crippen molar-refractivity contribution >= 4 is 22.8 Å². The second-order valence-corrected chi connectivity index (χ2v) is 7.48. The van der Waals surface area contributed by atoms with Crippen LogP contribution in [-0.4, -0.2) is 28.7 Å². The minimum absolute atomic E-state index is 0.525. The van der Waals surface area contributed by atoms with E-state index in [4.69, 9.17) is 4.98 Å². The summed E-state index contributed by atoms with van der Waals surface area (Å²) < 4.78 is 1.81. The highest BCUT2D eigenvalue weighted by molar-refractivity contribution is 5.79. The number of hydrogen-bond donors (Lipinski definition) is 1. The predicted molar refractivity (Wildman–Crippen MR) is 117 cm³/mol. The highest BCUT2D eigenvalue weighted by Crippen LogP contribution is 2.27. The fourth-order valence-corrected chi connectivity index (χ4v) is 3.18. The van der Waals surface area contributed by atoms with Gasteiger partial charge in [0.2, 0.25) is 0 Å². The van der Waals surface area contributed by atoms with Gasteiger partial charge in [-0.2, -0.15) is 5.10 Å². The minimum atomic E-state index is 0.525. The van der Waals surface area contributed by atoms with Gasteiger partial charge in [0.05, 0.1) is 6.20 Å². The number of aromatic nitrogens is 3. The summed E-state index contributed by atoms with van der Waals surface area (Å²) in [6.45, 7) is 4.40. The maximum Gasteiger partial charge on any atom is 0.165 e. The van der Waals surface area contributed by atoms with Crippen LogP contribution in [0.1, 0.15) is 25.3 Å². The first-order valence-corrected chi connectivity index (χ1v) is 9.50. The van der Waals surface area contributed by atoms with Gasteiger partial charge < -0.3 is 10.2 Å². The zero-order chi connectivity index (χ0) is 19.7. The van der Waals surface area contributed by atoms with E-state index in [9.17, 15) is 0 Å². The Morgan fingerprint density at radius 1 is 0.929 bits per heavy atom. The van der Waals surface area contributed by atoms with Crippen LogP contribution in [0.2, 0.25) is 0 Å². The van der Waals surface area contributed by atoms with Crippen molar-refractivity contribution in [2.75, 3.05) is 24.3 Å². The van der Waals surface area contributed by atoms with Gasteiger partial charge in [-0.3, -0.25) is 0 Å². The van der Waals surface area contributed by atoms with Gasteiger partial charge in [0.25, 0.3) is 0 Å². The van der Waals surface area contributed by atoms with Crippen LogP contribution in [0, 0.1) is 0 Å². The maximum absolute atomic E-state index is 4.80. The molecule has 2 aromatic carbocycles. The number of rotatable bonds is 5. The summed E-state index contributed by atoms with van der Waals surface area (Å²) in [7, 11) is 4.08. The zero-order valence-corrected chi connectivity index (χ0v) is 16.7. The van der Waals surface area contributed by atoms with Crippen LogP contribution in [0.3, 0.4) is 0 Å². The van der Waals surface area contributed by atoms with E-state index in [0.29, 0.717) is 5.92 Å². The summed E-state index contributed by atoms with van der Waals surface area (Å²) in [5.74, 6) is 1.33. The van der Waals surface area contributed by atoms with Crippen LogP contribution in [0.15, 0.2) is 67.0 Å². The monoisotopic (exact) mass is 371 g/mol. The van der Waals surface area contributed by atoms with Crippen molar-refractivity contribution in [2.45, 2.75) is 19.8 Å². The molecule has 5 heteroatoms. The van der Waals surface area contributed by atoms with Gasteiger partial charge in [-0.05, 0) is 47.4 Å². The Morgan fingerprint density at radius 3 is 2.29 bits per heavy atom. The third kappa shape index (κ3) is 3.56. The standard InChI is InChI=1S/C23H25N5/c1-16(2)17-5-9-19(10-6-17)25-22-13-14-28-23(26-22)21(15-24-28)18-7-11-20(12-8-18)27(3)4/h5-16H,1-4H3,(H,25,26). The molecule has 0 radical (unpaired) electrons. The first-order valence-electron chi connectivity index (χ1n) is 9.50. The molecule has 1 N–H and O–H groups in total. The molecule has 0 aliphatic heterocycles. The molecule has 28 heavy (non-hydrogen) atoms. The molecule has 0 amide bonds. The summed E-state index contributed by atoms with van der Waals surface area (Å²) in [6, 6.07) is 18.9. The lowest BCUT2D eigenvalue weighted by molar-refractivity contribution is 0.867. The number of benzene rings is 2. The van der Waals surface area contributed by atoms with Gasteiger partial charge in [-0.1, -0.05) is 38.1 Å². The Hall–Kier alpha value is -3.34. The van der Waals surface area contributed by atoms with E-state index in [1.54, 1.807) is 0 Å². The lowest BCUT2D eigenvalue weighted by Gasteiger charge is -2.12. The van der Waals surface area contributed by atoms with Crippen molar-refractivity contribution in [3.05, 3.63) is 72.6 Å². The third-order valence-electron chi connectivity index (χ3n) is 4.91. The predicted octanol–water partition coefficient (Wildman–Crippen LogP) is 5.33. The molecule has 142 valence electrons. The third-order valence-corrected chi connectivity index (χ3v) is 4.91. The Morgan fingerprint density at radius 2 is 1.64 bits per heavy atom. The van der Waals surface area contributed by atoms with Gasteiger partial charge in [0, 0.05) is 37.2 Å². The van der Waals surface area contributed by atoms with Gasteiger partial charge in [-0.15, -0.1) is 0 Å². The van der Waals surface area contributed by atoms with Crippen LogP contribution >= 0.6 is 0 Å². The summed E-state index contributed by atoms with van der Waals surface area (Å²) in [6.07, 6.45) is 3.80. The summed E-state index contributed by atoms with van der Waals surface area (Å²) >= 11 is 0. The molecule has 0 saturated carbocycles. The molecule has 0 aliphatic carbocycles. The number of hydrogen-bond acceptors (Lipinski definition) is 4. The van der Waals surface area contributed by atoms with Gasteiger partial charge in [0.1, 0.15) is 5.82 Å². The lowest BCUT2D eigenvalue weighted by atomic mass is 10.0. The van der Waals surface area contributed by atoms with E-state index in [1.807, 2.05) is 37.1 Å². The average Bonchev–Trinajstić information content (AvgIpc) is 3.11. The second kappa shape index (κ2) is 7.35. The van der Waals surface area contributed by atoms with Gasteiger partial charge in [-0.25, -0.2) is 9.50 Å². The molecule has 0 atom stereocenters. The highest BCUT2D eigenvalue weighted by atomic mass is 15.2. The number of fused-ring (bicyclic) bond motifs is 1. The molecular formula is C23H25N5. The smallest absolute Gasteiger partial charge is 0.165 e. The largest absolute Gasteiger partial charge is 0.378 e. The lowest BCUT2D eigenvalue weighted by Crippen LogP contribution is -2.07. The van der Waals surface area contributed by atoms with E-state index in [1.165, 1.54) is 11.3 Å². The van der Waals surface area contributed by atoms with Gasteiger partial charge in [0.15, 0.2) is 5.65 Å². The van der Waals surface area contributed by atoms with E-state index < -0.39 is 0 Å². The Kier molecular flexibility index (Phi) is 4.74. The Balaban J connectivity index is 1.64. The van der Waals surface area contributed by atoms with Crippen molar-refractivity contribution in [3.63, 3.8) is 0 Å². The van der Waals surface area contributed by atoms with Crippen molar-refractivity contribution in [2.24, 2.45) is 0 Å². The molecular weight excluding hydrogens is 346 g/mol. The quantitative estimate of drug-likeness (QED) is 0.515. The molecule has 2 aromatic heterocycles. The summed E-state index contributed by atoms with van der Waals surface area (Å²) in [5.41, 5.74) is 6.48. The topological polar surface area (TPSA) is 45.5 Å². The molecule has 2 heterocycles. The number of nitrogens with zero attached hydrogens (tertiary/aromatic N) is 4. The molecule has 0 saturated heterocycles. The zero-order valence-electron chi connectivity index (χ0n) is 16.7. The molecule has 4 rings (SSSR count). The van der Waals surface area contributed by atoms with Crippen molar-refractivity contribution in [3.8, 4) is 11.1 Å². The molecule has 4 aromatic rings. The normalized spacial score (nSPS) is 11.2. The first-order chi connectivity index (χ1) is 13.5. The number of nitrogens with one attached hydrogen (secondary N) is 1. The molecule has 0 spiro atoms. The van der Waals surface area contributed by atoms with E-state index in [2.05, 4.69) is 77.7 Å². The molecule has 0 bridgehead atoms. The molecule has 0 unspecified atom stereocenters. The second-order valence-electron chi connectivity index (χ2n) is 7.48. The molecule has 5 nitrogen and oxygen atoms in total. The fraction of sp³-hybridized carbons (Fsp3) is 0.217. The van der Waals surface area contributed by atoms with Crippen molar-refractivity contribution in [1.82, 2.24) is 14.6 Å². The first kappa shape index (κ1) is 18.0. The average molecular weight is 371 g/mol. The highest BCUT2D eigenvalue weighted by Gasteiger charge is 2.10. The van der Waals surface area contributed by atoms with Crippen LogP contribution in [0.5, 0.6) is 0 Å². The van der Waals surface area contributed by atoms with E-state index in [0.717, 1.165) is 28.3 Å². The van der Waals surface area contributed by atoms with Crippen LogP contribution in [-0.2, 0) is 0 Å². The van der Waals surface area contributed by atoms with E-state index >= 15 is 0 Å². The Labute approximate surface area is 165 Å². The summed E-state index contributed by atoms with van der Waals surface area (Å²) in [5, 5.41) is 7.84. The summed E-state index contributed by atoms with van der Waals surface area (Å²) in [4.78, 5) is 6.89. The van der Waals surface area contributed by atoms with Crippen LogP contribution in [0.25, 0.3) is 16.8 Å². The maximum atomic E-state index is 4.80. The minimum Gasteiger partial charge on any atom is -0.378 e. The van der Waals surface area contributed by atoms with Crippen LogP contribution < -0.4 is 10.2 Å². The van der Waals surface area contributed by atoms with Crippen molar-refractivity contribution < 1.29 is 0 Å². The SMILES string of the molecule is CC(C)c1ccc(Nc2ccn3ncc(-c4ccc(N(C)C)cc4)c3n2)cc1. The molecule has 0 aliphatic rings. The Bertz CT molecular complexity index is 1080. The molecule has 0 fully saturated rings. The van der Waals surface area contributed by atoms with Gasteiger partial charge >= 0.3 is 0 Å².